The second-order valence-electron chi connectivity index (χ2n) is 5.55. The second-order valence-corrected chi connectivity index (χ2v) is 6.50. The molecule has 3 rings (SSSR count). The van der Waals surface area contributed by atoms with Crippen molar-refractivity contribution >= 4 is 11.3 Å². The quantitative estimate of drug-likeness (QED) is 0.800. The first-order valence-electron chi connectivity index (χ1n) is 7.39. The van der Waals surface area contributed by atoms with Gasteiger partial charge in [-0.1, -0.05) is 36.9 Å². The third kappa shape index (κ3) is 3.27. The topological polar surface area (TPSA) is 42.2 Å². The summed E-state index contributed by atoms with van der Waals surface area (Å²) in [4.78, 5) is 7.94. The Kier molecular flexibility index (Phi) is 4.47. The molecule has 1 fully saturated rings. The first kappa shape index (κ1) is 13.8. The van der Waals surface area contributed by atoms with Crippen molar-refractivity contribution < 1.29 is 4.52 Å². The van der Waals surface area contributed by atoms with Gasteiger partial charge >= 0.3 is 0 Å². The van der Waals surface area contributed by atoms with E-state index in [1.807, 2.05) is 17.5 Å². The molecule has 2 aromatic rings. The zero-order chi connectivity index (χ0) is 13.8. The van der Waals surface area contributed by atoms with Crippen LogP contribution in [0.4, 0.5) is 0 Å². The molecule has 108 valence electrons. The molecule has 4 nitrogen and oxygen atoms in total. The van der Waals surface area contributed by atoms with E-state index >= 15 is 0 Å². The van der Waals surface area contributed by atoms with Gasteiger partial charge in [-0.15, -0.1) is 11.3 Å². The Morgan fingerprint density at radius 2 is 2.10 bits per heavy atom. The maximum absolute atomic E-state index is 5.39. The highest BCUT2D eigenvalue weighted by Crippen LogP contribution is 2.24. The maximum Gasteiger partial charge on any atom is 0.241 e. The van der Waals surface area contributed by atoms with Crippen LogP contribution in [0.15, 0.2) is 22.0 Å². The summed E-state index contributed by atoms with van der Waals surface area (Å²) in [6.45, 7) is 0.753. The van der Waals surface area contributed by atoms with E-state index in [2.05, 4.69) is 22.1 Å². The van der Waals surface area contributed by atoms with Gasteiger partial charge in [-0.25, -0.2) is 0 Å². The Balaban J connectivity index is 1.62. The molecular weight excluding hydrogens is 270 g/mol. The van der Waals surface area contributed by atoms with Gasteiger partial charge in [-0.2, -0.15) is 4.98 Å². The molecule has 0 spiro atoms. The molecular formula is C15H21N3OS. The molecule has 0 saturated heterocycles. The summed E-state index contributed by atoms with van der Waals surface area (Å²) in [5, 5.41) is 6.10. The van der Waals surface area contributed by atoms with Crippen molar-refractivity contribution in [3.63, 3.8) is 0 Å². The van der Waals surface area contributed by atoms with E-state index in [1.54, 1.807) is 11.3 Å². The summed E-state index contributed by atoms with van der Waals surface area (Å²) in [6, 6.07) is 4.69. The van der Waals surface area contributed by atoms with E-state index in [4.69, 9.17) is 4.52 Å². The van der Waals surface area contributed by atoms with Crippen LogP contribution in [0.5, 0.6) is 0 Å². The van der Waals surface area contributed by atoms with Crippen molar-refractivity contribution in [2.45, 2.75) is 51.1 Å². The Bertz CT molecular complexity index is 515. The van der Waals surface area contributed by atoms with Gasteiger partial charge in [-0.3, -0.25) is 4.90 Å². The lowest BCUT2D eigenvalue weighted by molar-refractivity contribution is 0.187. The Morgan fingerprint density at radius 3 is 2.80 bits per heavy atom. The smallest absolute Gasteiger partial charge is 0.241 e. The van der Waals surface area contributed by atoms with Crippen molar-refractivity contribution in [2.75, 3.05) is 7.05 Å². The van der Waals surface area contributed by atoms with Crippen molar-refractivity contribution in [3.05, 3.63) is 23.4 Å². The molecule has 0 aliphatic heterocycles. The normalized spacial score (nSPS) is 17.5. The third-order valence-corrected chi connectivity index (χ3v) is 4.91. The summed E-state index contributed by atoms with van der Waals surface area (Å²) in [5.41, 5.74) is 0. The van der Waals surface area contributed by atoms with Crippen LogP contribution in [0.1, 0.15) is 44.4 Å². The molecule has 1 saturated carbocycles. The molecule has 0 N–H and O–H groups in total. The number of hydrogen-bond acceptors (Lipinski definition) is 5. The molecule has 5 heteroatoms. The fraction of sp³-hybridized carbons (Fsp3) is 0.600. The fourth-order valence-corrected chi connectivity index (χ4v) is 3.52. The molecule has 1 aliphatic rings. The largest absolute Gasteiger partial charge is 0.338 e. The molecule has 2 heterocycles. The highest BCUT2D eigenvalue weighted by Gasteiger charge is 2.19. The van der Waals surface area contributed by atoms with Crippen LogP contribution in [0.3, 0.4) is 0 Å². The van der Waals surface area contributed by atoms with Crippen LogP contribution in [0, 0.1) is 0 Å². The number of thiophene rings is 1. The molecule has 0 bridgehead atoms. The van der Waals surface area contributed by atoms with Gasteiger partial charge in [0.15, 0.2) is 0 Å². The van der Waals surface area contributed by atoms with Crippen molar-refractivity contribution in [1.29, 1.82) is 0 Å². The predicted octanol–water partition coefficient (Wildman–Crippen LogP) is 3.95. The van der Waals surface area contributed by atoms with Crippen LogP contribution < -0.4 is 0 Å². The van der Waals surface area contributed by atoms with Crippen LogP contribution in [0.2, 0.25) is 0 Å². The highest BCUT2D eigenvalue weighted by atomic mass is 32.1. The number of aromatic nitrogens is 2. The third-order valence-electron chi connectivity index (χ3n) is 4.04. The minimum Gasteiger partial charge on any atom is -0.338 e. The van der Waals surface area contributed by atoms with E-state index in [9.17, 15) is 0 Å². The number of hydrogen-bond donors (Lipinski definition) is 0. The van der Waals surface area contributed by atoms with Crippen molar-refractivity contribution in [1.82, 2.24) is 15.0 Å². The minimum absolute atomic E-state index is 0.662. The Morgan fingerprint density at radius 1 is 1.30 bits per heavy atom. The standard InChI is InChI=1S/C15H21N3OS/c1-18(12-7-4-2-3-5-8-12)11-14-16-15(17-19-14)13-9-6-10-20-13/h6,9-10,12H,2-5,7-8,11H2,1H3. The Hall–Kier alpha value is -1.20. The molecule has 1 aliphatic carbocycles. The van der Waals surface area contributed by atoms with Gasteiger partial charge in [0.2, 0.25) is 11.7 Å². The van der Waals surface area contributed by atoms with Gasteiger partial charge in [0.25, 0.3) is 0 Å². The van der Waals surface area contributed by atoms with Gasteiger partial charge in [0.1, 0.15) is 0 Å². The monoisotopic (exact) mass is 291 g/mol. The molecule has 0 unspecified atom stereocenters. The molecule has 2 aromatic heterocycles. The van der Waals surface area contributed by atoms with Crippen LogP contribution >= 0.6 is 11.3 Å². The average molecular weight is 291 g/mol. The highest BCUT2D eigenvalue weighted by molar-refractivity contribution is 7.13. The van der Waals surface area contributed by atoms with E-state index in [0.29, 0.717) is 11.9 Å². The maximum atomic E-state index is 5.39. The summed E-state index contributed by atoms with van der Waals surface area (Å²) >= 11 is 1.64. The van der Waals surface area contributed by atoms with Crippen molar-refractivity contribution in [2.24, 2.45) is 0 Å². The first-order valence-corrected chi connectivity index (χ1v) is 8.27. The van der Waals surface area contributed by atoms with Gasteiger partial charge in [0.05, 0.1) is 11.4 Å². The van der Waals surface area contributed by atoms with E-state index in [1.165, 1.54) is 38.5 Å². The minimum atomic E-state index is 0.662. The first-order chi connectivity index (χ1) is 9.83. The summed E-state index contributed by atoms with van der Waals surface area (Å²) in [6.07, 6.45) is 8.05. The van der Waals surface area contributed by atoms with E-state index in [0.717, 1.165) is 17.3 Å². The van der Waals surface area contributed by atoms with Crippen molar-refractivity contribution in [3.8, 4) is 10.7 Å². The average Bonchev–Trinajstić information content (AvgIpc) is 3.05. The fourth-order valence-electron chi connectivity index (χ4n) is 2.87. The van der Waals surface area contributed by atoms with Crippen LogP contribution in [0.25, 0.3) is 10.7 Å². The van der Waals surface area contributed by atoms with E-state index < -0.39 is 0 Å². The van der Waals surface area contributed by atoms with Crippen LogP contribution in [-0.4, -0.2) is 28.1 Å². The molecule has 0 amide bonds. The Labute approximate surface area is 123 Å². The SMILES string of the molecule is CN(Cc1nc(-c2cccs2)no1)C1CCCCCC1. The molecule has 0 aromatic carbocycles. The van der Waals surface area contributed by atoms with Gasteiger partial charge in [-0.05, 0) is 31.3 Å². The summed E-state index contributed by atoms with van der Waals surface area (Å²) in [5.74, 6) is 1.43. The lowest BCUT2D eigenvalue weighted by Crippen LogP contribution is -2.30. The van der Waals surface area contributed by atoms with Gasteiger partial charge in [0, 0.05) is 6.04 Å². The number of nitrogens with zero attached hydrogens (tertiary/aromatic N) is 3. The van der Waals surface area contributed by atoms with Crippen LogP contribution in [-0.2, 0) is 6.54 Å². The number of rotatable bonds is 4. The summed E-state index contributed by atoms with van der Waals surface area (Å²) < 4.78 is 5.39. The molecule has 0 atom stereocenters. The van der Waals surface area contributed by atoms with Gasteiger partial charge < -0.3 is 4.52 Å². The lowest BCUT2D eigenvalue weighted by atomic mass is 10.1. The zero-order valence-corrected chi connectivity index (χ0v) is 12.7. The predicted molar refractivity (Wildman–Crippen MR) is 80.6 cm³/mol. The lowest BCUT2D eigenvalue weighted by Gasteiger charge is -2.25. The van der Waals surface area contributed by atoms with E-state index in [-0.39, 0.29) is 0 Å². The second kappa shape index (κ2) is 6.50. The molecule has 0 radical (unpaired) electrons. The summed E-state index contributed by atoms with van der Waals surface area (Å²) in [7, 11) is 2.17. The zero-order valence-electron chi connectivity index (χ0n) is 11.9. The molecule has 20 heavy (non-hydrogen) atoms.